The lowest BCUT2D eigenvalue weighted by Gasteiger charge is -2.21. The van der Waals surface area contributed by atoms with Crippen LogP contribution >= 0.6 is 0 Å². The van der Waals surface area contributed by atoms with Crippen LogP contribution in [-0.4, -0.2) is 11.9 Å². The van der Waals surface area contributed by atoms with Gasteiger partial charge in [0.2, 0.25) is 5.91 Å². The van der Waals surface area contributed by atoms with E-state index in [1.165, 1.54) is 37.7 Å². The molecule has 0 aliphatic heterocycles. The van der Waals surface area contributed by atoms with Crippen LogP contribution in [0.2, 0.25) is 0 Å². The average molecular weight is 302 g/mol. The Balaban J connectivity index is 1.73. The van der Waals surface area contributed by atoms with E-state index < -0.39 is 0 Å². The summed E-state index contributed by atoms with van der Waals surface area (Å²) in [6, 6.07) is 8.31. The quantitative estimate of drug-likeness (QED) is 0.790. The summed E-state index contributed by atoms with van der Waals surface area (Å²) in [6.07, 6.45) is 10.2. The first-order valence-electron chi connectivity index (χ1n) is 8.81. The molecule has 1 aliphatic carbocycles. The van der Waals surface area contributed by atoms with Gasteiger partial charge in [-0.15, -0.1) is 0 Å². The number of carbonyl (C=O) groups is 1. The van der Waals surface area contributed by atoms with Gasteiger partial charge < -0.3 is 11.1 Å². The minimum atomic E-state index is 0.142. The fraction of sp³-hybridized carbons (Fsp3) is 0.632. The lowest BCUT2D eigenvalue weighted by Crippen LogP contribution is -2.21. The highest BCUT2D eigenvalue weighted by Gasteiger charge is 2.14. The van der Waals surface area contributed by atoms with Gasteiger partial charge in [-0.25, -0.2) is 0 Å². The molecule has 3 nitrogen and oxygen atoms in total. The highest BCUT2D eigenvalue weighted by atomic mass is 16.1. The van der Waals surface area contributed by atoms with E-state index in [1.807, 2.05) is 12.1 Å². The second-order valence-corrected chi connectivity index (χ2v) is 6.66. The predicted molar refractivity (Wildman–Crippen MR) is 92.9 cm³/mol. The topological polar surface area (TPSA) is 55.1 Å². The van der Waals surface area contributed by atoms with E-state index in [0.29, 0.717) is 6.42 Å². The largest absolute Gasteiger partial charge is 0.327 e. The van der Waals surface area contributed by atoms with Crippen molar-refractivity contribution < 1.29 is 4.79 Å². The Morgan fingerprint density at radius 3 is 2.55 bits per heavy atom. The number of nitrogens with one attached hydrogen (secondary N) is 1. The van der Waals surface area contributed by atoms with Crippen LogP contribution in [0.5, 0.6) is 0 Å². The summed E-state index contributed by atoms with van der Waals surface area (Å²) in [5, 5.41) is 3.01. The van der Waals surface area contributed by atoms with Crippen molar-refractivity contribution in [1.29, 1.82) is 0 Å². The molecular weight excluding hydrogens is 272 g/mol. The van der Waals surface area contributed by atoms with Gasteiger partial charge in [0.05, 0.1) is 0 Å². The molecule has 0 radical (unpaired) electrons. The van der Waals surface area contributed by atoms with Crippen LogP contribution in [0.1, 0.15) is 63.9 Å². The van der Waals surface area contributed by atoms with Gasteiger partial charge in [0.25, 0.3) is 0 Å². The van der Waals surface area contributed by atoms with E-state index in [-0.39, 0.29) is 11.9 Å². The summed E-state index contributed by atoms with van der Waals surface area (Å²) in [4.78, 5) is 12.0. The van der Waals surface area contributed by atoms with E-state index in [2.05, 4.69) is 24.4 Å². The molecule has 2 rings (SSSR count). The molecule has 3 N–H and O–H groups in total. The monoisotopic (exact) mass is 302 g/mol. The lowest BCUT2D eigenvalue weighted by molar-refractivity contribution is -0.116. The molecule has 0 saturated heterocycles. The number of carbonyl (C=O) groups excluding carboxylic acids is 1. The van der Waals surface area contributed by atoms with Crippen LogP contribution in [-0.2, 0) is 11.2 Å². The Bertz CT molecular complexity index is 449. The molecule has 1 atom stereocenters. The molecule has 0 heterocycles. The predicted octanol–water partition coefficient (Wildman–Crippen LogP) is 4.27. The second-order valence-electron chi connectivity index (χ2n) is 6.66. The van der Waals surface area contributed by atoms with E-state index in [1.54, 1.807) is 0 Å². The molecule has 1 aromatic carbocycles. The normalized spacial score (nSPS) is 17.2. The van der Waals surface area contributed by atoms with Crippen molar-refractivity contribution in [1.82, 2.24) is 0 Å². The summed E-state index contributed by atoms with van der Waals surface area (Å²) >= 11 is 0. The minimum absolute atomic E-state index is 0.142. The van der Waals surface area contributed by atoms with E-state index in [9.17, 15) is 4.79 Å². The molecular formula is C19H30N2O. The average Bonchev–Trinajstić information content (AvgIpc) is 2.55. The number of hydrogen-bond acceptors (Lipinski definition) is 2. The number of anilines is 1. The SMILES string of the molecule is CCC(N)Cc1ccc(NC(=O)CCC2CCCCC2)cc1. The van der Waals surface area contributed by atoms with Crippen molar-refractivity contribution in [2.45, 2.75) is 70.8 Å². The number of amides is 1. The molecule has 122 valence electrons. The van der Waals surface area contributed by atoms with Gasteiger partial charge in [-0.1, -0.05) is 51.2 Å². The van der Waals surface area contributed by atoms with Crippen LogP contribution in [0.25, 0.3) is 0 Å². The van der Waals surface area contributed by atoms with Crippen LogP contribution in [0.3, 0.4) is 0 Å². The molecule has 0 bridgehead atoms. The summed E-state index contributed by atoms with van der Waals surface area (Å²) in [5.41, 5.74) is 8.09. The van der Waals surface area contributed by atoms with Crippen LogP contribution in [0, 0.1) is 5.92 Å². The van der Waals surface area contributed by atoms with Crippen molar-refractivity contribution >= 4 is 11.6 Å². The Morgan fingerprint density at radius 1 is 1.23 bits per heavy atom. The summed E-state index contributed by atoms with van der Waals surface area (Å²) in [7, 11) is 0. The molecule has 1 fully saturated rings. The molecule has 1 aliphatic rings. The summed E-state index contributed by atoms with van der Waals surface area (Å²) in [6.45, 7) is 2.10. The van der Waals surface area contributed by atoms with E-state index in [0.717, 1.165) is 30.9 Å². The molecule has 0 spiro atoms. The van der Waals surface area contributed by atoms with Gasteiger partial charge in [-0.05, 0) is 42.9 Å². The molecule has 22 heavy (non-hydrogen) atoms. The lowest BCUT2D eigenvalue weighted by atomic mass is 9.86. The van der Waals surface area contributed by atoms with E-state index in [4.69, 9.17) is 5.73 Å². The van der Waals surface area contributed by atoms with Gasteiger partial charge in [0.15, 0.2) is 0 Å². The number of hydrogen-bond donors (Lipinski definition) is 2. The van der Waals surface area contributed by atoms with Crippen LogP contribution in [0.15, 0.2) is 24.3 Å². The number of nitrogens with two attached hydrogens (primary N) is 1. The highest BCUT2D eigenvalue weighted by molar-refractivity contribution is 5.90. The summed E-state index contributed by atoms with van der Waals surface area (Å²) < 4.78 is 0. The Morgan fingerprint density at radius 2 is 1.91 bits per heavy atom. The van der Waals surface area contributed by atoms with Gasteiger partial charge >= 0.3 is 0 Å². The van der Waals surface area contributed by atoms with Crippen molar-refractivity contribution in [2.75, 3.05) is 5.32 Å². The maximum Gasteiger partial charge on any atom is 0.224 e. The third-order valence-electron chi connectivity index (χ3n) is 4.76. The fourth-order valence-corrected chi connectivity index (χ4v) is 3.21. The first-order chi connectivity index (χ1) is 10.7. The zero-order chi connectivity index (χ0) is 15.8. The third kappa shape index (κ3) is 5.80. The van der Waals surface area contributed by atoms with Gasteiger partial charge in [0, 0.05) is 18.2 Å². The van der Waals surface area contributed by atoms with Gasteiger partial charge in [0.1, 0.15) is 0 Å². The summed E-state index contributed by atoms with van der Waals surface area (Å²) in [5.74, 6) is 0.904. The molecule has 0 aromatic heterocycles. The van der Waals surface area contributed by atoms with Crippen LogP contribution < -0.4 is 11.1 Å². The highest BCUT2D eigenvalue weighted by Crippen LogP contribution is 2.27. The van der Waals surface area contributed by atoms with Crippen molar-refractivity contribution in [3.05, 3.63) is 29.8 Å². The standard InChI is InChI=1S/C19H30N2O/c1-2-17(20)14-16-8-11-18(12-9-16)21-19(22)13-10-15-6-4-3-5-7-15/h8-9,11-12,15,17H,2-7,10,13-14,20H2,1H3,(H,21,22). The third-order valence-corrected chi connectivity index (χ3v) is 4.76. The molecule has 1 aromatic rings. The molecule has 1 unspecified atom stereocenters. The van der Waals surface area contributed by atoms with E-state index >= 15 is 0 Å². The number of benzene rings is 1. The van der Waals surface area contributed by atoms with Crippen LogP contribution in [0.4, 0.5) is 5.69 Å². The molecule has 1 amide bonds. The smallest absolute Gasteiger partial charge is 0.224 e. The van der Waals surface area contributed by atoms with Crippen molar-refractivity contribution in [2.24, 2.45) is 11.7 Å². The fourth-order valence-electron chi connectivity index (χ4n) is 3.21. The maximum atomic E-state index is 12.0. The Kier molecular flexibility index (Phi) is 6.91. The van der Waals surface area contributed by atoms with Crippen molar-refractivity contribution in [3.63, 3.8) is 0 Å². The molecule has 1 saturated carbocycles. The van der Waals surface area contributed by atoms with Gasteiger partial charge in [-0.3, -0.25) is 4.79 Å². The maximum absolute atomic E-state index is 12.0. The zero-order valence-corrected chi connectivity index (χ0v) is 13.8. The van der Waals surface area contributed by atoms with Crippen molar-refractivity contribution in [3.8, 4) is 0 Å². The first-order valence-corrected chi connectivity index (χ1v) is 8.81. The Labute approximate surface area is 134 Å². The zero-order valence-electron chi connectivity index (χ0n) is 13.8. The Hall–Kier alpha value is -1.35. The second kappa shape index (κ2) is 8.94. The first kappa shape index (κ1) is 17.0. The van der Waals surface area contributed by atoms with Gasteiger partial charge in [-0.2, -0.15) is 0 Å². The molecule has 3 heteroatoms. The number of rotatable bonds is 7. The minimum Gasteiger partial charge on any atom is -0.327 e.